The number of aliphatic hydroxyl groups is 1. The molecule has 0 aliphatic carbocycles. The highest BCUT2D eigenvalue weighted by Gasteiger charge is 2.36. The van der Waals surface area contributed by atoms with Crippen LogP contribution in [0.25, 0.3) is 10.9 Å². The standard InChI is InChI=1S/C57H81N11O10S2/c1-3-4-5-6-7-8-9-13-21-41(59)51(72)63-44(29-36-18-11-10-12-19-36)54(75)67-47-33-79-80-34-48(57(78)68-49(35(2)69)50(60)71)66-52(73)43(23-16-17-28-58)62-55(76)46(31-38-32-61-42-22-15-14-20-40(38)42)65-53(74)45(64-56(47)77)30-37-24-26-39(70)27-25-37/h10-12,14-15,18-20,22,24-27,32,35,41,43-49,61,69-70H,3-9,13,16-17,21,23,28-31,33-34,58-59H2,1-2H3,(H2,60,71)(H,62,76)(H,63,72)(H,64,77)(H,65,74)(H,66,73)(H,67,75)(H,68,78)/t35-,41?,43?,44-,45?,46-,47?,48?,49+/m1/s1. The van der Waals surface area contributed by atoms with Gasteiger partial charge in [0.05, 0.1) is 12.1 Å². The van der Waals surface area contributed by atoms with E-state index in [9.17, 15) is 48.6 Å². The van der Waals surface area contributed by atoms with E-state index in [-0.39, 0.29) is 49.5 Å². The number of rotatable bonds is 27. The predicted molar refractivity (Wildman–Crippen MR) is 311 cm³/mol. The third-order valence-corrected chi connectivity index (χ3v) is 16.3. The summed E-state index contributed by atoms with van der Waals surface area (Å²) < 4.78 is 0. The molecular formula is C57H81N11O10S2. The Balaban J connectivity index is 1.52. The molecule has 0 bridgehead atoms. The number of hydrogen-bond donors (Lipinski definition) is 13. The van der Waals surface area contributed by atoms with Crippen molar-refractivity contribution in [2.24, 2.45) is 17.2 Å². The average molecular weight is 1140 g/mol. The number of H-pyrrole nitrogens is 1. The third kappa shape index (κ3) is 21.1. The first-order valence-corrected chi connectivity index (χ1v) is 30.1. The van der Waals surface area contributed by atoms with Gasteiger partial charge in [-0.25, -0.2) is 0 Å². The summed E-state index contributed by atoms with van der Waals surface area (Å²) in [5.41, 5.74) is 20.4. The van der Waals surface area contributed by atoms with Crippen molar-refractivity contribution in [3.8, 4) is 5.75 Å². The summed E-state index contributed by atoms with van der Waals surface area (Å²) in [5, 5.41) is 40.4. The van der Waals surface area contributed by atoms with Crippen molar-refractivity contribution in [3.63, 3.8) is 0 Å². The lowest BCUT2D eigenvalue weighted by atomic mass is 10.0. The molecular weight excluding hydrogens is 1060 g/mol. The van der Waals surface area contributed by atoms with Crippen LogP contribution in [-0.2, 0) is 57.6 Å². The zero-order valence-electron chi connectivity index (χ0n) is 45.7. The molecule has 2 heterocycles. The minimum Gasteiger partial charge on any atom is -0.508 e. The number of para-hydroxylation sites is 1. The molecule has 3 aromatic carbocycles. The van der Waals surface area contributed by atoms with Gasteiger partial charge in [0.2, 0.25) is 47.3 Å². The van der Waals surface area contributed by atoms with Crippen molar-refractivity contribution in [3.05, 3.63) is 102 Å². The Hall–Kier alpha value is -6.66. The zero-order chi connectivity index (χ0) is 58.0. The second-order valence-corrected chi connectivity index (χ2v) is 22.9. The van der Waals surface area contributed by atoms with Crippen LogP contribution in [0, 0.1) is 0 Å². The highest BCUT2D eigenvalue weighted by atomic mass is 33.1. The number of aromatic amines is 1. The van der Waals surface area contributed by atoms with Gasteiger partial charge in [0, 0.05) is 47.9 Å². The first-order valence-electron chi connectivity index (χ1n) is 27.6. The minimum absolute atomic E-state index is 0.0212. The van der Waals surface area contributed by atoms with Crippen molar-refractivity contribution >= 4 is 79.7 Å². The Kier molecular flexibility index (Phi) is 27.1. The fraction of sp³-hybridized carbons (Fsp3) is 0.509. The Labute approximate surface area is 475 Å². The Bertz CT molecular complexity index is 2640. The number of carbonyl (C=O) groups is 8. The molecule has 1 aliphatic rings. The number of amides is 8. The van der Waals surface area contributed by atoms with Gasteiger partial charge in [-0.15, -0.1) is 0 Å². The maximum atomic E-state index is 14.9. The first kappa shape index (κ1) is 64.2. The Morgan fingerprint density at radius 1 is 0.688 bits per heavy atom. The summed E-state index contributed by atoms with van der Waals surface area (Å²) in [4.78, 5) is 117. The predicted octanol–water partition coefficient (Wildman–Crippen LogP) is 2.54. The molecule has 1 aliphatic heterocycles. The van der Waals surface area contributed by atoms with E-state index >= 15 is 0 Å². The molecule has 9 atom stereocenters. The van der Waals surface area contributed by atoms with Gasteiger partial charge in [-0.3, -0.25) is 38.4 Å². The second-order valence-electron chi connectivity index (χ2n) is 20.3. The lowest BCUT2D eigenvalue weighted by Gasteiger charge is -2.27. The molecule has 1 fully saturated rings. The molecule has 0 spiro atoms. The Morgan fingerprint density at radius 2 is 1.30 bits per heavy atom. The van der Waals surface area contributed by atoms with E-state index in [1.807, 2.05) is 30.3 Å². The number of aliphatic hydroxyl groups excluding tert-OH is 1. The van der Waals surface area contributed by atoms with E-state index in [4.69, 9.17) is 17.2 Å². The number of phenolic OH excluding ortho intramolecular Hbond substituents is 1. The minimum atomic E-state index is -1.54. The molecule has 4 aromatic rings. The maximum Gasteiger partial charge on any atom is 0.244 e. The number of nitrogens with one attached hydrogen (secondary N) is 8. The van der Waals surface area contributed by atoms with Crippen molar-refractivity contribution in [2.45, 2.75) is 165 Å². The summed E-state index contributed by atoms with van der Waals surface area (Å²) in [6.45, 7) is 3.70. The van der Waals surface area contributed by atoms with Crippen molar-refractivity contribution in [2.75, 3.05) is 18.1 Å². The van der Waals surface area contributed by atoms with E-state index in [0.29, 0.717) is 36.0 Å². The molecule has 1 aromatic heterocycles. The van der Waals surface area contributed by atoms with Gasteiger partial charge in [-0.1, -0.05) is 141 Å². The molecule has 16 N–H and O–H groups in total. The molecule has 80 heavy (non-hydrogen) atoms. The van der Waals surface area contributed by atoms with Gasteiger partial charge in [-0.05, 0) is 74.0 Å². The molecule has 5 rings (SSSR count). The van der Waals surface area contributed by atoms with E-state index in [0.717, 1.165) is 71.0 Å². The third-order valence-electron chi connectivity index (χ3n) is 13.8. The molecule has 23 heteroatoms. The average Bonchev–Trinajstić information content (AvgIpc) is 3.85. The number of carbonyl (C=O) groups excluding carboxylic acids is 8. The fourth-order valence-electron chi connectivity index (χ4n) is 9.18. The lowest BCUT2D eigenvalue weighted by molar-refractivity contribution is -0.135. The summed E-state index contributed by atoms with van der Waals surface area (Å²) in [7, 11) is 2.05. The number of benzene rings is 3. The smallest absolute Gasteiger partial charge is 0.244 e. The zero-order valence-corrected chi connectivity index (χ0v) is 47.3. The normalized spacial score (nSPS) is 20.1. The van der Waals surface area contributed by atoms with Crippen LogP contribution >= 0.6 is 21.6 Å². The lowest BCUT2D eigenvalue weighted by Crippen LogP contribution is -2.61. The number of phenols is 1. The van der Waals surface area contributed by atoms with Crippen LogP contribution < -0.4 is 54.4 Å². The summed E-state index contributed by atoms with van der Waals surface area (Å²) in [6.07, 6.45) is 9.81. The number of hydrogen-bond acceptors (Lipinski definition) is 14. The van der Waals surface area contributed by atoms with Gasteiger partial charge in [0.1, 0.15) is 48.0 Å². The van der Waals surface area contributed by atoms with Crippen molar-refractivity contribution in [1.82, 2.24) is 42.2 Å². The van der Waals surface area contributed by atoms with E-state index in [2.05, 4.69) is 49.1 Å². The van der Waals surface area contributed by atoms with Gasteiger partial charge < -0.3 is 69.6 Å². The topological polar surface area (TPSA) is 355 Å². The van der Waals surface area contributed by atoms with E-state index < -0.39 is 102 Å². The number of nitrogens with two attached hydrogens (primary N) is 3. The summed E-state index contributed by atoms with van der Waals surface area (Å²) >= 11 is 0. The highest BCUT2D eigenvalue weighted by molar-refractivity contribution is 8.76. The molecule has 5 unspecified atom stereocenters. The first-order chi connectivity index (χ1) is 38.5. The van der Waals surface area contributed by atoms with Crippen LogP contribution in [0.4, 0.5) is 0 Å². The molecule has 1 saturated heterocycles. The van der Waals surface area contributed by atoms with E-state index in [1.54, 1.807) is 42.6 Å². The SMILES string of the molecule is CCCCCCCCCCC(N)C(=O)N[C@H](Cc1ccccc1)C(=O)NC1CSSCC(C(=O)N[C@H](C(N)=O)[C@@H](C)O)NC(=O)C(CCCCN)NC(=O)[C@@H](Cc2c[nH]c3ccccc23)NC(=O)C(Cc2ccc(O)cc2)NC1=O. The second kappa shape index (κ2) is 33.8. The number of aromatic hydroxyl groups is 1. The van der Waals surface area contributed by atoms with Crippen LogP contribution in [0.3, 0.4) is 0 Å². The van der Waals surface area contributed by atoms with Gasteiger partial charge in [0.25, 0.3) is 0 Å². The van der Waals surface area contributed by atoms with Crippen LogP contribution in [0.1, 0.15) is 108 Å². The largest absolute Gasteiger partial charge is 0.508 e. The van der Waals surface area contributed by atoms with Crippen LogP contribution in [0.15, 0.2) is 85.1 Å². The number of unbranched alkanes of at least 4 members (excludes halogenated alkanes) is 8. The van der Waals surface area contributed by atoms with Gasteiger partial charge >= 0.3 is 0 Å². The summed E-state index contributed by atoms with van der Waals surface area (Å²) in [5.74, 6) is -6.88. The molecule has 0 saturated carbocycles. The maximum absolute atomic E-state index is 14.9. The highest BCUT2D eigenvalue weighted by Crippen LogP contribution is 2.25. The quantitative estimate of drug-likeness (QED) is 0.0302. The molecule has 8 amide bonds. The number of primary amides is 1. The molecule has 0 radical (unpaired) electrons. The Morgan fingerprint density at radius 3 is 1.98 bits per heavy atom. The van der Waals surface area contributed by atoms with Crippen molar-refractivity contribution in [1.29, 1.82) is 0 Å². The van der Waals surface area contributed by atoms with Gasteiger partial charge in [-0.2, -0.15) is 0 Å². The monoisotopic (exact) mass is 1140 g/mol. The van der Waals surface area contributed by atoms with Crippen LogP contribution in [0.2, 0.25) is 0 Å². The number of fused-ring (bicyclic) bond motifs is 1. The molecule has 436 valence electrons. The van der Waals surface area contributed by atoms with Gasteiger partial charge in [0.15, 0.2) is 0 Å². The molecule has 21 nitrogen and oxygen atoms in total. The summed E-state index contributed by atoms with van der Waals surface area (Å²) in [6, 6.07) is 11.7. The van der Waals surface area contributed by atoms with Crippen LogP contribution in [0.5, 0.6) is 5.75 Å². The fourth-order valence-corrected chi connectivity index (χ4v) is 11.5. The van der Waals surface area contributed by atoms with E-state index in [1.165, 1.54) is 31.9 Å². The van der Waals surface area contributed by atoms with Crippen LogP contribution in [-0.4, -0.2) is 135 Å². The van der Waals surface area contributed by atoms with Crippen molar-refractivity contribution < 1.29 is 48.6 Å². The number of aromatic nitrogens is 1.